The van der Waals surface area contributed by atoms with E-state index in [1.165, 1.54) is 45.9 Å². The minimum atomic E-state index is -1.02. The number of unbranched alkanes of at least 4 members (excludes halogenated alkanes) is 1. The number of anilines is 1. The summed E-state index contributed by atoms with van der Waals surface area (Å²) in [5, 5.41) is 2.67. The van der Waals surface area contributed by atoms with Crippen molar-refractivity contribution in [1.29, 1.82) is 0 Å². The predicted octanol–water partition coefficient (Wildman–Crippen LogP) is 4.38. The summed E-state index contributed by atoms with van der Waals surface area (Å²) >= 11 is 0. The second-order valence-electron chi connectivity index (χ2n) is 11.1. The van der Waals surface area contributed by atoms with E-state index in [1.54, 1.807) is 0 Å². The van der Waals surface area contributed by atoms with Crippen LogP contribution in [0.25, 0.3) is 12.2 Å². The second kappa shape index (κ2) is 10.5. The van der Waals surface area contributed by atoms with E-state index in [4.69, 9.17) is 0 Å². The highest BCUT2D eigenvalue weighted by Gasteiger charge is 2.42. The van der Waals surface area contributed by atoms with Gasteiger partial charge in [-0.1, -0.05) is 37.6 Å². The van der Waals surface area contributed by atoms with Gasteiger partial charge in [-0.25, -0.2) is 4.39 Å². The molecule has 1 fully saturated rings. The van der Waals surface area contributed by atoms with Crippen molar-refractivity contribution in [3.05, 3.63) is 51.7 Å². The number of fused-ring (bicyclic) bond motifs is 3. The molecule has 0 radical (unpaired) electrons. The Kier molecular flexibility index (Phi) is 7.36. The average Bonchev–Trinajstić information content (AvgIpc) is 3.23. The third kappa shape index (κ3) is 5.22. The number of nitrogens with one attached hydrogen (secondary N) is 1. The molecular formula is C30H43FN4. The topological polar surface area (TPSA) is 25.5 Å². The molecule has 4 nitrogen and oxygen atoms in total. The molecule has 35 heavy (non-hydrogen) atoms. The van der Waals surface area contributed by atoms with Gasteiger partial charge in [-0.2, -0.15) is 0 Å². The van der Waals surface area contributed by atoms with Crippen LogP contribution in [0.5, 0.6) is 0 Å². The van der Waals surface area contributed by atoms with E-state index < -0.39 is 5.67 Å². The molecule has 1 N–H and O–H groups in total. The number of nitrogens with zero attached hydrogens (tertiary/aromatic N) is 3. The number of aromatic amines is 1. The Morgan fingerprint density at radius 1 is 1.11 bits per heavy atom. The Morgan fingerprint density at radius 2 is 1.94 bits per heavy atom. The van der Waals surface area contributed by atoms with Crippen LogP contribution in [0.1, 0.15) is 74.7 Å². The Balaban J connectivity index is 1.43. The molecule has 1 aromatic carbocycles. The fourth-order valence-corrected chi connectivity index (χ4v) is 6.07. The van der Waals surface area contributed by atoms with Crippen LogP contribution >= 0.6 is 0 Å². The van der Waals surface area contributed by atoms with Gasteiger partial charge < -0.3 is 14.8 Å². The first-order valence-corrected chi connectivity index (χ1v) is 13.8. The number of alkyl halides is 1. The molecular weight excluding hydrogens is 435 g/mol. The molecule has 0 amide bonds. The van der Waals surface area contributed by atoms with Gasteiger partial charge in [0, 0.05) is 50.0 Å². The summed E-state index contributed by atoms with van der Waals surface area (Å²) in [7, 11) is 4.41. The van der Waals surface area contributed by atoms with Gasteiger partial charge in [-0.05, 0) is 87.0 Å². The zero-order chi connectivity index (χ0) is 24.4. The minimum absolute atomic E-state index is 0.0833. The van der Waals surface area contributed by atoms with Crippen molar-refractivity contribution in [3.8, 4) is 0 Å². The number of benzene rings is 1. The van der Waals surface area contributed by atoms with E-state index >= 15 is 4.39 Å². The predicted molar refractivity (Wildman–Crippen MR) is 145 cm³/mol. The third-order valence-corrected chi connectivity index (χ3v) is 8.43. The van der Waals surface area contributed by atoms with Crippen molar-refractivity contribution >= 4 is 17.8 Å². The molecule has 2 aromatic rings. The lowest BCUT2D eigenvalue weighted by molar-refractivity contribution is 0.00842. The molecule has 2 heterocycles. The van der Waals surface area contributed by atoms with Crippen LogP contribution in [-0.4, -0.2) is 67.3 Å². The SMILES string of the molecule is CCCCN(C)CCN(C)c1cccc(C2c3[nH]c4c(c3CCN2CC2(F)CCC2)=CCCC=4)c1. The van der Waals surface area contributed by atoms with E-state index in [-0.39, 0.29) is 6.04 Å². The van der Waals surface area contributed by atoms with Gasteiger partial charge in [0.2, 0.25) is 0 Å². The molecule has 1 saturated carbocycles. The lowest BCUT2D eigenvalue weighted by Gasteiger charge is -2.43. The number of hydrogen-bond acceptors (Lipinski definition) is 3. The Hall–Kier alpha value is -2.11. The second-order valence-corrected chi connectivity index (χ2v) is 11.1. The normalized spacial score (nSPS) is 21.0. The Morgan fingerprint density at radius 3 is 2.71 bits per heavy atom. The summed E-state index contributed by atoms with van der Waals surface area (Å²) in [5.74, 6) is 0. The molecule has 5 rings (SSSR count). The first-order chi connectivity index (χ1) is 17.0. The summed E-state index contributed by atoms with van der Waals surface area (Å²) in [4.78, 5) is 11.0. The number of H-pyrrole nitrogens is 1. The van der Waals surface area contributed by atoms with Crippen molar-refractivity contribution in [2.75, 3.05) is 51.7 Å². The van der Waals surface area contributed by atoms with E-state index in [9.17, 15) is 0 Å². The largest absolute Gasteiger partial charge is 0.373 e. The number of likely N-dealkylation sites (N-methyl/N-ethyl adjacent to an activating group) is 2. The van der Waals surface area contributed by atoms with Crippen LogP contribution in [0.3, 0.4) is 0 Å². The molecule has 0 saturated heterocycles. The maximum atomic E-state index is 15.4. The van der Waals surface area contributed by atoms with Crippen molar-refractivity contribution in [2.45, 2.75) is 70.0 Å². The molecule has 5 heteroatoms. The highest BCUT2D eigenvalue weighted by molar-refractivity contribution is 5.52. The van der Waals surface area contributed by atoms with Crippen molar-refractivity contribution < 1.29 is 4.39 Å². The van der Waals surface area contributed by atoms with Gasteiger partial charge in [0.1, 0.15) is 5.67 Å². The first-order valence-electron chi connectivity index (χ1n) is 13.8. The molecule has 1 unspecified atom stereocenters. The molecule has 1 aromatic heterocycles. The molecule has 190 valence electrons. The number of hydrogen-bond donors (Lipinski definition) is 1. The smallest absolute Gasteiger partial charge is 0.123 e. The van der Waals surface area contributed by atoms with Crippen molar-refractivity contribution in [3.63, 3.8) is 0 Å². The van der Waals surface area contributed by atoms with E-state index in [0.29, 0.717) is 19.4 Å². The van der Waals surface area contributed by atoms with Gasteiger partial charge in [-0.3, -0.25) is 4.90 Å². The van der Waals surface area contributed by atoms with Crippen LogP contribution in [-0.2, 0) is 6.42 Å². The zero-order valence-corrected chi connectivity index (χ0v) is 22.0. The molecule has 1 aliphatic heterocycles. The average molecular weight is 479 g/mol. The maximum Gasteiger partial charge on any atom is 0.123 e. The van der Waals surface area contributed by atoms with Crippen LogP contribution in [0.4, 0.5) is 10.1 Å². The highest BCUT2D eigenvalue weighted by Crippen LogP contribution is 2.41. The summed E-state index contributed by atoms with van der Waals surface area (Å²) in [6.07, 6.45) is 12.9. The van der Waals surface area contributed by atoms with Crippen molar-refractivity contribution in [2.24, 2.45) is 0 Å². The first kappa shape index (κ1) is 24.6. The van der Waals surface area contributed by atoms with Gasteiger partial charge in [0.15, 0.2) is 0 Å². The summed E-state index contributed by atoms with van der Waals surface area (Å²) < 4.78 is 15.4. The van der Waals surface area contributed by atoms with Gasteiger partial charge >= 0.3 is 0 Å². The third-order valence-electron chi connectivity index (χ3n) is 8.43. The summed E-state index contributed by atoms with van der Waals surface area (Å²) in [5.41, 5.74) is 4.24. The Labute approximate surface area is 210 Å². The van der Waals surface area contributed by atoms with Crippen LogP contribution in [0.15, 0.2) is 24.3 Å². The lowest BCUT2D eigenvalue weighted by atomic mass is 9.80. The van der Waals surface area contributed by atoms with Crippen LogP contribution in [0, 0.1) is 0 Å². The molecule has 2 aliphatic carbocycles. The minimum Gasteiger partial charge on any atom is -0.373 e. The van der Waals surface area contributed by atoms with Crippen LogP contribution in [0.2, 0.25) is 0 Å². The highest BCUT2D eigenvalue weighted by atomic mass is 19.1. The van der Waals surface area contributed by atoms with Gasteiger partial charge in [-0.15, -0.1) is 0 Å². The van der Waals surface area contributed by atoms with Crippen LogP contribution < -0.4 is 15.5 Å². The standard InChI is InChI=1S/C30H43FN4/c1-4-5-17-33(2)19-20-34(3)24-11-8-10-23(21-24)29-28-26(25-12-6-7-13-27(25)32-28)14-18-35(29)22-30(31)15-9-16-30/h8,10-13,21,29,32H,4-7,9,14-20,22H2,1-3H3. The number of rotatable bonds is 10. The monoisotopic (exact) mass is 478 g/mol. The summed E-state index contributed by atoms with van der Waals surface area (Å²) in [6.45, 7) is 6.91. The lowest BCUT2D eigenvalue weighted by Crippen LogP contribution is -2.48. The number of aromatic nitrogens is 1. The molecule has 3 aliphatic rings. The van der Waals surface area contributed by atoms with E-state index in [2.05, 4.69) is 77.1 Å². The van der Waals surface area contributed by atoms with E-state index in [0.717, 1.165) is 51.9 Å². The molecule has 0 spiro atoms. The molecule has 0 bridgehead atoms. The van der Waals surface area contributed by atoms with Crippen molar-refractivity contribution in [1.82, 2.24) is 14.8 Å². The van der Waals surface area contributed by atoms with E-state index in [1.807, 2.05) is 0 Å². The van der Waals surface area contributed by atoms with Gasteiger partial charge in [0.25, 0.3) is 0 Å². The zero-order valence-electron chi connectivity index (χ0n) is 22.0. The number of halogens is 1. The fourth-order valence-electron chi connectivity index (χ4n) is 6.07. The Bertz CT molecular complexity index is 1130. The fraction of sp³-hybridized carbons (Fsp3) is 0.600. The summed E-state index contributed by atoms with van der Waals surface area (Å²) in [6, 6.07) is 9.08. The molecule has 1 atom stereocenters. The maximum absolute atomic E-state index is 15.4. The van der Waals surface area contributed by atoms with Gasteiger partial charge in [0.05, 0.1) is 6.04 Å². The quantitative estimate of drug-likeness (QED) is 0.549.